The van der Waals surface area contributed by atoms with Crippen LogP contribution >= 0.6 is 0 Å². The SMILES string of the molecule is NCCn1cnc(C(=O)NCCC(=O)N2CCCC2)c1. The van der Waals surface area contributed by atoms with Gasteiger partial charge in [-0.2, -0.15) is 0 Å². The van der Waals surface area contributed by atoms with Crippen LogP contribution in [0, 0.1) is 0 Å². The van der Waals surface area contributed by atoms with E-state index in [0.29, 0.717) is 31.7 Å². The van der Waals surface area contributed by atoms with Crippen LogP contribution in [0.25, 0.3) is 0 Å². The number of likely N-dealkylation sites (tertiary alicyclic amines) is 1. The molecular formula is C13H21N5O2. The van der Waals surface area contributed by atoms with Crippen molar-refractivity contribution in [3.05, 3.63) is 18.2 Å². The second-order valence-electron chi connectivity index (χ2n) is 4.88. The van der Waals surface area contributed by atoms with E-state index in [1.807, 2.05) is 4.90 Å². The number of nitrogens with one attached hydrogen (secondary N) is 1. The highest BCUT2D eigenvalue weighted by molar-refractivity contribution is 5.92. The zero-order chi connectivity index (χ0) is 14.4. The normalized spacial score (nSPS) is 14.6. The zero-order valence-corrected chi connectivity index (χ0v) is 11.5. The number of rotatable bonds is 6. The van der Waals surface area contributed by atoms with Crippen LogP contribution in [0.3, 0.4) is 0 Å². The van der Waals surface area contributed by atoms with Gasteiger partial charge in [0.1, 0.15) is 5.69 Å². The van der Waals surface area contributed by atoms with E-state index in [2.05, 4.69) is 10.3 Å². The van der Waals surface area contributed by atoms with Gasteiger partial charge in [0.15, 0.2) is 0 Å². The van der Waals surface area contributed by atoms with E-state index in [-0.39, 0.29) is 11.8 Å². The molecule has 0 aliphatic carbocycles. The van der Waals surface area contributed by atoms with Crippen LogP contribution in [0.15, 0.2) is 12.5 Å². The first kappa shape index (κ1) is 14.5. The summed E-state index contributed by atoms with van der Waals surface area (Å²) in [5.41, 5.74) is 5.78. The molecule has 0 bridgehead atoms. The molecule has 1 saturated heterocycles. The smallest absolute Gasteiger partial charge is 0.271 e. The van der Waals surface area contributed by atoms with Gasteiger partial charge in [-0.05, 0) is 12.8 Å². The lowest BCUT2D eigenvalue weighted by molar-refractivity contribution is -0.129. The van der Waals surface area contributed by atoms with Crippen LogP contribution in [0.2, 0.25) is 0 Å². The molecule has 20 heavy (non-hydrogen) atoms. The van der Waals surface area contributed by atoms with E-state index in [1.54, 1.807) is 17.1 Å². The van der Waals surface area contributed by atoms with E-state index in [0.717, 1.165) is 25.9 Å². The summed E-state index contributed by atoms with van der Waals surface area (Å²) in [4.78, 5) is 29.5. The highest BCUT2D eigenvalue weighted by Gasteiger charge is 2.17. The number of nitrogens with zero attached hydrogens (tertiary/aromatic N) is 3. The summed E-state index contributed by atoms with van der Waals surface area (Å²) in [6.07, 6.45) is 5.74. The number of carbonyl (C=O) groups excluding carboxylic acids is 2. The lowest BCUT2D eigenvalue weighted by atomic mass is 10.3. The van der Waals surface area contributed by atoms with Crippen molar-refractivity contribution in [3.63, 3.8) is 0 Å². The summed E-state index contributed by atoms with van der Waals surface area (Å²) < 4.78 is 1.77. The Kier molecular flexibility index (Phi) is 5.11. The van der Waals surface area contributed by atoms with Gasteiger partial charge in [-0.1, -0.05) is 0 Å². The molecule has 2 amide bonds. The van der Waals surface area contributed by atoms with Crippen molar-refractivity contribution in [2.45, 2.75) is 25.8 Å². The van der Waals surface area contributed by atoms with Crippen molar-refractivity contribution < 1.29 is 9.59 Å². The third kappa shape index (κ3) is 3.80. The van der Waals surface area contributed by atoms with Crippen LogP contribution in [0.1, 0.15) is 29.8 Å². The molecular weight excluding hydrogens is 258 g/mol. The van der Waals surface area contributed by atoms with Gasteiger partial charge in [0.2, 0.25) is 5.91 Å². The Morgan fingerprint density at radius 1 is 1.35 bits per heavy atom. The topological polar surface area (TPSA) is 93.2 Å². The Bertz CT molecular complexity index is 465. The predicted octanol–water partition coefficient (Wildman–Crippen LogP) is -0.416. The average molecular weight is 279 g/mol. The van der Waals surface area contributed by atoms with Gasteiger partial charge in [-0.25, -0.2) is 4.98 Å². The zero-order valence-electron chi connectivity index (χ0n) is 11.5. The highest BCUT2D eigenvalue weighted by Crippen LogP contribution is 2.08. The summed E-state index contributed by atoms with van der Waals surface area (Å²) in [6, 6.07) is 0. The number of hydrogen-bond acceptors (Lipinski definition) is 4. The van der Waals surface area contributed by atoms with Crippen molar-refractivity contribution in [2.75, 3.05) is 26.2 Å². The largest absolute Gasteiger partial charge is 0.350 e. The number of aromatic nitrogens is 2. The standard InChI is InChI=1S/C13H21N5O2/c14-4-8-17-9-11(16-10-17)13(20)15-5-3-12(19)18-6-1-2-7-18/h9-10H,1-8,14H2,(H,15,20). The molecule has 0 unspecified atom stereocenters. The summed E-state index contributed by atoms with van der Waals surface area (Å²) in [6.45, 7) is 3.17. The van der Waals surface area contributed by atoms with Gasteiger partial charge in [0, 0.05) is 45.3 Å². The van der Waals surface area contributed by atoms with Crippen molar-refractivity contribution >= 4 is 11.8 Å². The minimum atomic E-state index is -0.255. The maximum Gasteiger partial charge on any atom is 0.271 e. The second-order valence-corrected chi connectivity index (χ2v) is 4.88. The molecule has 2 heterocycles. The molecule has 7 nitrogen and oxygen atoms in total. The lowest BCUT2D eigenvalue weighted by Gasteiger charge is -2.14. The molecule has 1 aromatic heterocycles. The molecule has 1 aromatic rings. The van der Waals surface area contributed by atoms with Gasteiger partial charge in [-0.3, -0.25) is 9.59 Å². The summed E-state index contributed by atoms with van der Waals surface area (Å²) in [7, 11) is 0. The van der Waals surface area contributed by atoms with Crippen LogP contribution < -0.4 is 11.1 Å². The fourth-order valence-electron chi connectivity index (χ4n) is 2.25. The maximum atomic E-state index is 11.8. The molecule has 3 N–H and O–H groups in total. The van der Waals surface area contributed by atoms with E-state index < -0.39 is 0 Å². The molecule has 2 rings (SSSR count). The minimum Gasteiger partial charge on any atom is -0.350 e. The quantitative estimate of drug-likeness (QED) is 0.740. The molecule has 0 aromatic carbocycles. The second kappa shape index (κ2) is 7.04. The molecule has 110 valence electrons. The molecule has 0 atom stereocenters. The number of imidazole rings is 1. The predicted molar refractivity (Wildman–Crippen MR) is 74.0 cm³/mol. The Morgan fingerprint density at radius 2 is 2.10 bits per heavy atom. The number of amides is 2. The molecule has 0 spiro atoms. The first-order chi connectivity index (χ1) is 9.70. The minimum absolute atomic E-state index is 0.108. The van der Waals surface area contributed by atoms with Crippen LogP contribution in [-0.4, -0.2) is 52.4 Å². The van der Waals surface area contributed by atoms with Crippen LogP contribution in [0.5, 0.6) is 0 Å². The molecule has 7 heteroatoms. The Hall–Kier alpha value is -1.89. The molecule has 1 aliphatic rings. The van der Waals surface area contributed by atoms with Crippen molar-refractivity contribution in [3.8, 4) is 0 Å². The summed E-state index contributed by atoms with van der Waals surface area (Å²) in [5, 5.41) is 2.72. The van der Waals surface area contributed by atoms with Gasteiger partial charge < -0.3 is 20.5 Å². The highest BCUT2D eigenvalue weighted by atomic mass is 16.2. The number of hydrogen-bond donors (Lipinski definition) is 2. The van der Waals surface area contributed by atoms with E-state index >= 15 is 0 Å². The number of nitrogens with two attached hydrogens (primary N) is 1. The van der Waals surface area contributed by atoms with Gasteiger partial charge in [0.25, 0.3) is 5.91 Å². The van der Waals surface area contributed by atoms with Gasteiger partial charge in [-0.15, -0.1) is 0 Å². The molecule has 0 radical (unpaired) electrons. The Balaban J connectivity index is 1.72. The maximum absolute atomic E-state index is 11.8. The van der Waals surface area contributed by atoms with E-state index in [4.69, 9.17) is 5.73 Å². The average Bonchev–Trinajstić information content (AvgIpc) is 3.10. The first-order valence-corrected chi connectivity index (χ1v) is 6.98. The van der Waals surface area contributed by atoms with Crippen LogP contribution in [0.4, 0.5) is 0 Å². The van der Waals surface area contributed by atoms with Gasteiger partial charge >= 0.3 is 0 Å². The van der Waals surface area contributed by atoms with E-state index in [9.17, 15) is 9.59 Å². The Morgan fingerprint density at radius 3 is 2.80 bits per heavy atom. The lowest BCUT2D eigenvalue weighted by Crippen LogP contribution is -2.32. The summed E-state index contributed by atoms with van der Waals surface area (Å²) in [5.74, 6) is -0.147. The third-order valence-corrected chi connectivity index (χ3v) is 3.34. The molecule has 1 aliphatic heterocycles. The molecule has 0 saturated carbocycles. The van der Waals surface area contributed by atoms with Crippen molar-refractivity contribution in [1.29, 1.82) is 0 Å². The fraction of sp³-hybridized carbons (Fsp3) is 0.615. The first-order valence-electron chi connectivity index (χ1n) is 6.98. The van der Waals surface area contributed by atoms with Crippen molar-refractivity contribution in [2.24, 2.45) is 5.73 Å². The van der Waals surface area contributed by atoms with Crippen molar-refractivity contribution in [1.82, 2.24) is 19.8 Å². The summed E-state index contributed by atoms with van der Waals surface area (Å²) >= 11 is 0. The van der Waals surface area contributed by atoms with Gasteiger partial charge in [0.05, 0.1) is 6.33 Å². The van der Waals surface area contributed by atoms with Crippen LogP contribution in [-0.2, 0) is 11.3 Å². The Labute approximate surface area is 118 Å². The monoisotopic (exact) mass is 279 g/mol. The number of carbonyl (C=O) groups is 2. The molecule has 1 fully saturated rings. The third-order valence-electron chi connectivity index (χ3n) is 3.34. The van der Waals surface area contributed by atoms with E-state index in [1.165, 1.54) is 0 Å². The fourth-order valence-corrected chi connectivity index (χ4v) is 2.25.